The van der Waals surface area contributed by atoms with Gasteiger partial charge in [-0.3, -0.25) is 9.59 Å². The number of carbonyl (C=O) groups excluding carboxylic acids is 2. The summed E-state index contributed by atoms with van der Waals surface area (Å²) in [5, 5.41) is 0. The van der Waals surface area contributed by atoms with Gasteiger partial charge in [0.05, 0.1) is 0 Å². The Kier molecular flexibility index (Phi) is 3.07. The molecule has 0 saturated heterocycles. The lowest BCUT2D eigenvalue weighted by Crippen LogP contribution is -2.33. The molecular formula is C10H17NO2. The number of hydrogen-bond acceptors (Lipinski definition) is 2. The number of carbonyl (C=O) groups is 2. The molecule has 74 valence electrons. The highest BCUT2D eigenvalue weighted by Crippen LogP contribution is 2.29. The largest absolute Gasteiger partial charge is 0.343 e. The van der Waals surface area contributed by atoms with Crippen molar-refractivity contribution in [1.29, 1.82) is 0 Å². The fourth-order valence-corrected chi connectivity index (χ4v) is 1.94. The van der Waals surface area contributed by atoms with Gasteiger partial charge >= 0.3 is 0 Å². The van der Waals surface area contributed by atoms with E-state index in [1.54, 1.807) is 18.7 Å². The maximum atomic E-state index is 11.1. The lowest BCUT2D eigenvalue weighted by atomic mass is 10.0. The lowest BCUT2D eigenvalue weighted by Gasteiger charge is -2.22. The molecule has 0 aliphatic heterocycles. The highest BCUT2D eigenvalue weighted by molar-refractivity contribution is 5.79. The van der Waals surface area contributed by atoms with Crippen LogP contribution < -0.4 is 0 Å². The molecule has 0 heterocycles. The van der Waals surface area contributed by atoms with Gasteiger partial charge < -0.3 is 4.90 Å². The van der Waals surface area contributed by atoms with Gasteiger partial charge in [0.15, 0.2) is 0 Å². The molecule has 3 nitrogen and oxygen atoms in total. The van der Waals surface area contributed by atoms with E-state index in [-0.39, 0.29) is 23.7 Å². The van der Waals surface area contributed by atoms with Crippen molar-refractivity contribution in [3.05, 3.63) is 0 Å². The van der Waals surface area contributed by atoms with E-state index < -0.39 is 0 Å². The standard InChI is InChI=1S/C10H17NO2/c1-7(12)9-4-5-10(6-9)11(3)8(2)13/h9-10H,4-6H2,1-3H3. The molecule has 0 spiro atoms. The molecule has 0 aromatic rings. The van der Waals surface area contributed by atoms with Crippen LogP contribution in [0.2, 0.25) is 0 Å². The predicted molar refractivity (Wildman–Crippen MR) is 50.3 cm³/mol. The van der Waals surface area contributed by atoms with E-state index in [4.69, 9.17) is 0 Å². The highest BCUT2D eigenvalue weighted by atomic mass is 16.2. The van der Waals surface area contributed by atoms with Crippen molar-refractivity contribution in [1.82, 2.24) is 4.90 Å². The second-order valence-corrected chi connectivity index (χ2v) is 3.90. The molecule has 1 aliphatic rings. The Labute approximate surface area is 79.1 Å². The summed E-state index contributed by atoms with van der Waals surface area (Å²) in [6.45, 7) is 3.21. The Bertz CT molecular complexity index is 225. The van der Waals surface area contributed by atoms with E-state index >= 15 is 0 Å². The third-order valence-corrected chi connectivity index (χ3v) is 3.02. The maximum absolute atomic E-state index is 11.1. The number of Topliss-reactive ketones (excluding diaryl/α,β-unsaturated/α-hetero) is 1. The van der Waals surface area contributed by atoms with E-state index in [9.17, 15) is 9.59 Å². The maximum Gasteiger partial charge on any atom is 0.219 e. The summed E-state index contributed by atoms with van der Waals surface area (Å²) in [4.78, 5) is 23.9. The second kappa shape index (κ2) is 3.90. The van der Waals surface area contributed by atoms with Crippen molar-refractivity contribution in [2.24, 2.45) is 5.92 Å². The Morgan fingerprint density at radius 3 is 2.23 bits per heavy atom. The van der Waals surface area contributed by atoms with Crippen molar-refractivity contribution in [2.75, 3.05) is 7.05 Å². The average molecular weight is 183 g/mol. The normalized spacial score (nSPS) is 27.3. The van der Waals surface area contributed by atoms with Gasteiger partial charge in [0.2, 0.25) is 5.91 Å². The van der Waals surface area contributed by atoms with Crippen molar-refractivity contribution < 1.29 is 9.59 Å². The molecule has 2 atom stereocenters. The van der Waals surface area contributed by atoms with Gasteiger partial charge in [-0.15, -0.1) is 0 Å². The number of nitrogens with zero attached hydrogens (tertiary/aromatic N) is 1. The summed E-state index contributed by atoms with van der Waals surface area (Å²) in [6.07, 6.45) is 2.77. The Morgan fingerprint density at radius 2 is 1.85 bits per heavy atom. The van der Waals surface area contributed by atoms with Crippen LogP contribution in [0.1, 0.15) is 33.1 Å². The highest BCUT2D eigenvalue weighted by Gasteiger charge is 2.30. The average Bonchev–Trinajstić information content (AvgIpc) is 2.50. The minimum atomic E-state index is 0.0919. The van der Waals surface area contributed by atoms with Crippen molar-refractivity contribution in [3.63, 3.8) is 0 Å². The molecule has 0 aromatic carbocycles. The van der Waals surface area contributed by atoms with Gasteiger partial charge in [-0.2, -0.15) is 0 Å². The van der Waals surface area contributed by atoms with Crippen molar-refractivity contribution in [2.45, 2.75) is 39.2 Å². The second-order valence-electron chi connectivity index (χ2n) is 3.90. The van der Waals surface area contributed by atoms with Crippen LogP contribution >= 0.6 is 0 Å². The molecule has 3 heteroatoms. The summed E-state index contributed by atoms with van der Waals surface area (Å²) in [7, 11) is 1.81. The molecule has 0 N–H and O–H groups in total. The Hall–Kier alpha value is -0.860. The summed E-state index contributed by atoms with van der Waals surface area (Å²) >= 11 is 0. The minimum Gasteiger partial charge on any atom is -0.343 e. The minimum absolute atomic E-state index is 0.0919. The van der Waals surface area contributed by atoms with E-state index in [0.29, 0.717) is 0 Å². The molecule has 0 bridgehead atoms. The van der Waals surface area contributed by atoms with Gasteiger partial charge in [0, 0.05) is 25.9 Å². The topological polar surface area (TPSA) is 37.4 Å². The number of rotatable bonds is 2. The predicted octanol–water partition coefficient (Wildman–Crippen LogP) is 1.22. The van der Waals surface area contributed by atoms with Crippen LogP contribution in [0.5, 0.6) is 0 Å². The molecule has 1 rings (SSSR count). The first kappa shape index (κ1) is 10.2. The number of amides is 1. The molecule has 13 heavy (non-hydrogen) atoms. The van der Waals surface area contributed by atoms with Crippen LogP contribution in [0.15, 0.2) is 0 Å². The number of hydrogen-bond donors (Lipinski definition) is 0. The van der Waals surface area contributed by atoms with E-state index in [2.05, 4.69) is 0 Å². The van der Waals surface area contributed by atoms with E-state index in [1.807, 2.05) is 7.05 Å². The monoisotopic (exact) mass is 183 g/mol. The summed E-state index contributed by atoms with van der Waals surface area (Å²) in [5.41, 5.74) is 0. The van der Waals surface area contributed by atoms with E-state index in [0.717, 1.165) is 19.3 Å². The fourth-order valence-electron chi connectivity index (χ4n) is 1.94. The first-order chi connectivity index (χ1) is 6.02. The first-order valence-electron chi connectivity index (χ1n) is 4.76. The smallest absolute Gasteiger partial charge is 0.219 e. The van der Waals surface area contributed by atoms with Crippen molar-refractivity contribution >= 4 is 11.7 Å². The fraction of sp³-hybridized carbons (Fsp3) is 0.800. The number of ketones is 1. The van der Waals surface area contributed by atoms with Gasteiger partial charge in [-0.1, -0.05) is 0 Å². The van der Waals surface area contributed by atoms with Gasteiger partial charge in [0.1, 0.15) is 5.78 Å². The van der Waals surface area contributed by atoms with Gasteiger partial charge in [-0.25, -0.2) is 0 Å². The first-order valence-corrected chi connectivity index (χ1v) is 4.76. The quantitative estimate of drug-likeness (QED) is 0.645. The van der Waals surface area contributed by atoms with Crippen LogP contribution in [0.3, 0.4) is 0 Å². The molecule has 1 fully saturated rings. The van der Waals surface area contributed by atoms with E-state index in [1.165, 1.54) is 0 Å². The molecule has 1 saturated carbocycles. The van der Waals surface area contributed by atoms with Crippen LogP contribution in [0.4, 0.5) is 0 Å². The van der Waals surface area contributed by atoms with Gasteiger partial charge in [-0.05, 0) is 26.2 Å². The molecule has 0 aromatic heterocycles. The van der Waals surface area contributed by atoms with Crippen LogP contribution in [0.25, 0.3) is 0 Å². The molecular weight excluding hydrogens is 166 g/mol. The molecule has 1 amide bonds. The molecule has 0 radical (unpaired) electrons. The Morgan fingerprint density at radius 1 is 1.23 bits per heavy atom. The van der Waals surface area contributed by atoms with Crippen LogP contribution in [-0.2, 0) is 9.59 Å². The van der Waals surface area contributed by atoms with Gasteiger partial charge in [0.25, 0.3) is 0 Å². The third-order valence-electron chi connectivity index (χ3n) is 3.02. The zero-order valence-electron chi connectivity index (χ0n) is 8.54. The molecule has 1 aliphatic carbocycles. The summed E-state index contributed by atoms with van der Waals surface area (Å²) < 4.78 is 0. The summed E-state index contributed by atoms with van der Waals surface area (Å²) in [5.74, 6) is 0.542. The zero-order valence-corrected chi connectivity index (χ0v) is 8.54. The van der Waals surface area contributed by atoms with Crippen LogP contribution in [-0.4, -0.2) is 29.7 Å². The molecule has 2 unspecified atom stereocenters. The lowest BCUT2D eigenvalue weighted by molar-refractivity contribution is -0.130. The SMILES string of the molecule is CC(=O)C1CCC(N(C)C(C)=O)C1. The van der Waals surface area contributed by atoms with Crippen molar-refractivity contribution in [3.8, 4) is 0 Å². The Balaban J connectivity index is 2.49. The third kappa shape index (κ3) is 2.29. The van der Waals surface area contributed by atoms with Crippen LogP contribution in [0, 0.1) is 5.92 Å². The zero-order chi connectivity index (χ0) is 10.0. The summed E-state index contributed by atoms with van der Waals surface area (Å²) in [6, 6.07) is 0.284.